The molecule has 2 aromatic heterocycles. The topological polar surface area (TPSA) is 48.9 Å². The number of aliphatic hydroxyl groups excluding tert-OH is 1. The monoisotopic (exact) mass is 148 g/mol. The molecule has 2 N–H and O–H groups in total. The maximum Gasteiger partial charge on any atom is 0.0882 e. The van der Waals surface area contributed by atoms with E-state index in [1.54, 1.807) is 6.20 Å². The molecule has 0 saturated carbocycles. The molecular formula is C8H8N2O. The lowest BCUT2D eigenvalue weighted by Gasteiger charge is -1.84. The summed E-state index contributed by atoms with van der Waals surface area (Å²) < 4.78 is 0. The second kappa shape index (κ2) is 2.36. The molecule has 0 spiro atoms. The molecule has 0 saturated heterocycles. The van der Waals surface area contributed by atoms with Gasteiger partial charge in [0, 0.05) is 11.9 Å². The molecule has 0 aliphatic carbocycles. The van der Waals surface area contributed by atoms with Gasteiger partial charge >= 0.3 is 0 Å². The van der Waals surface area contributed by atoms with Gasteiger partial charge in [-0.2, -0.15) is 0 Å². The minimum Gasteiger partial charge on any atom is -0.390 e. The van der Waals surface area contributed by atoms with Crippen LogP contribution in [0.2, 0.25) is 0 Å². The predicted molar refractivity (Wildman–Crippen MR) is 42.0 cm³/mol. The summed E-state index contributed by atoms with van der Waals surface area (Å²) in [5.74, 6) is 0. The van der Waals surface area contributed by atoms with Crippen LogP contribution in [0.5, 0.6) is 0 Å². The van der Waals surface area contributed by atoms with Gasteiger partial charge in [-0.15, -0.1) is 0 Å². The molecule has 2 rings (SSSR count). The number of aliphatic hydroxyl groups is 1. The van der Waals surface area contributed by atoms with Crippen LogP contribution in [0.1, 0.15) is 5.69 Å². The first kappa shape index (κ1) is 6.37. The summed E-state index contributed by atoms with van der Waals surface area (Å²) in [5, 5.41) is 8.78. The predicted octanol–water partition coefficient (Wildman–Crippen LogP) is 1.06. The molecule has 0 radical (unpaired) electrons. The van der Waals surface area contributed by atoms with Gasteiger partial charge in [0.2, 0.25) is 0 Å². The number of H-pyrrole nitrogens is 1. The second-order valence-corrected chi connectivity index (χ2v) is 2.39. The van der Waals surface area contributed by atoms with Crippen LogP contribution in [-0.2, 0) is 6.61 Å². The number of nitrogens with zero attached hydrogens (tertiary/aromatic N) is 1. The summed E-state index contributed by atoms with van der Waals surface area (Å²) in [5.41, 5.74) is 2.67. The van der Waals surface area contributed by atoms with Crippen molar-refractivity contribution in [2.45, 2.75) is 6.61 Å². The number of aromatic nitrogens is 2. The summed E-state index contributed by atoms with van der Waals surface area (Å²) in [6, 6.07) is 5.64. The Morgan fingerprint density at radius 1 is 1.55 bits per heavy atom. The first-order valence-corrected chi connectivity index (χ1v) is 3.43. The van der Waals surface area contributed by atoms with Gasteiger partial charge in [-0.05, 0) is 18.2 Å². The molecule has 0 fully saturated rings. The maximum atomic E-state index is 8.78. The van der Waals surface area contributed by atoms with E-state index in [9.17, 15) is 0 Å². The highest BCUT2D eigenvalue weighted by Gasteiger charge is 1.97. The van der Waals surface area contributed by atoms with Crippen molar-refractivity contribution in [3.05, 3.63) is 30.1 Å². The summed E-state index contributed by atoms with van der Waals surface area (Å²) in [7, 11) is 0. The molecule has 2 heterocycles. The van der Waals surface area contributed by atoms with Crippen molar-refractivity contribution in [3.63, 3.8) is 0 Å². The largest absolute Gasteiger partial charge is 0.390 e. The first-order valence-electron chi connectivity index (χ1n) is 3.43. The van der Waals surface area contributed by atoms with E-state index < -0.39 is 0 Å². The lowest BCUT2D eigenvalue weighted by molar-refractivity contribution is 0.278. The van der Waals surface area contributed by atoms with E-state index in [0.29, 0.717) is 0 Å². The number of nitrogens with one attached hydrogen (secondary N) is 1. The average molecular weight is 148 g/mol. The molecule has 0 aliphatic rings. The summed E-state index contributed by atoms with van der Waals surface area (Å²) >= 11 is 0. The summed E-state index contributed by atoms with van der Waals surface area (Å²) in [4.78, 5) is 7.14. The van der Waals surface area contributed by atoms with Gasteiger partial charge in [0.15, 0.2) is 0 Å². The molecular weight excluding hydrogens is 140 g/mol. The minimum atomic E-state index is 0.0381. The summed E-state index contributed by atoms with van der Waals surface area (Å²) in [6.45, 7) is 0.0381. The Bertz CT molecular complexity index is 334. The molecule has 0 unspecified atom stereocenters. The van der Waals surface area contributed by atoms with E-state index in [1.807, 2.05) is 18.2 Å². The molecule has 0 bridgehead atoms. The number of hydrogen-bond donors (Lipinski definition) is 2. The fourth-order valence-corrected chi connectivity index (χ4v) is 1.10. The minimum absolute atomic E-state index is 0.0381. The molecule has 0 amide bonds. The second-order valence-electron chi connectivity index (χ2n) is 2.39. The molecule has 0 aliphatic heterocycles. The Hall–Kier alpha value is -1.35. The molecule has 2 aromatic rings. The van der Waals surface area contributed by atoms with Crippen LogP contribution in [0.4, 0.5) is 0 Å². The molecule has 3 nitrogen and oxygen atoms in total. The van der Waals surface area contributed by atoms with Crippen LogP contribution in [0.25, 0.3) is 11.0 Å². The standard InChI is InChI=1S/C8H8N2O/c11-5-6-4-8-7(10-6)2-1-3-9-8/h1-4,10-11H,5H2. The zero-order valence-corrected chi connectivity index (χ0v) is 5.91. The zero-order chi connectivity index (χ0) is 7.68. The highest BCUT2D eigenvalue weighted by atomic mass is 16.3. The van der Waals surface area contributed by atoms with Crippen molar-refractivity contribution in [1.82, 2.24) is 9.97 Å². The average Bonchev–Trinajstić information content (AvgIpc) is 2.46. The van der Waals surface area contributed by atoms with Crippen LogP contribution < -0.4 is 0 Å². The molecule has 0 aromatic carbocycles. The molecule has 11 heavy (non-hydrogen) atoms. The quantitative estimate of drug-likeness (QED) is 0.635. The summed E-state index contributed by atoms with van der Waals surface area (Å²) in [6.07, 6.45) is 1.73. The van der Waals surface area contributed by atoms with Gasteiger partial charge in [-0.3, -0.25) is 4.98 Å². The molecule has 0 atom stereocenters. The van der Waals surface area contributed by atoms with Crippen LogP contribution in [0.15, 0.2) is 24.4 Å². The number of hydrogen-bond acceptors (Lipinski definition) is 2. The molecule has 56 valence electrons. The van der Waals surface area contributed by atoms with Gasteiger partial charge in [-0.1, -0.05) is 0 Å². The highest BCUT2D eigenvalue weighted by Crippen LogP contribution is 2.10. The van der Waals surface area contributed by atoms with E-state index in [-0.39, 0.29) is 6.61 Å². The maximum absolute atomic E-state index is 8.78. The fraction of sp³-hybridized carbons (Fsp3) is 0.125. The SMILES string of the molecule is OCc1cc2ncccc2[nH]1. The normalized spacial score (nSPS) is 10.6. The Labute approximate surface area is 63.7 Å². The van der Waals surface area contributed by atoms with E-state index in [2.05, 4.69) is 9.97 Å². The van der Waals surface area contributed by atoms with Gasteiger partial charge < -0.3 is 10.1 Å². The van der Waals surface area contributed by atoms with Crippen molar-refractivity contribution in [3.8, 4) is 0 Å². The lowest BCUT2D eigenvalue weighted by atomic mass is 10.4. The number of aromatic amines is 1. The Balaban J connectivity index is 2.69. The number of fused-ring (bicyclic) bond motifs is 1. The van der Waals surface area contributed by atoms with Gasteiger partial charge in [0.05, 0.1) is 17.6 Å². The van der Waals surface area contributed by atoms with Crippen molar-refractivity contribution < 1.29 is 5.11 Å². The highest BCUT2D eigenvalue weighted by molar-refractivity contribution is 5.75. The number of pyridine rings is 1. The van der Waals surface area contributed by atoms with E-state index in [4.69, 9.17) is 5.11 Å². The van der Waals surface area contributed by atoms with E-state index >= 15 is 0 Å². The zero-order valence-electron chi connectivity index (χ0n) is 5.91. The Morgan fingerprint density at radius 3 is 3.18 bits per heavy atom. The van der Waals surface area contributed by atoms with Gasteiger partial charge in [-0.25, -0.2) is 0 Å². The Morgan fingerprint density at radius 2 is 2.45 bits per heavy atom. The first-order chi connectivity index (χ1) is 5.40. The fourth-order valence-electron chi connectivity index (χ4n) is 1.10. The van der Waals surface area contributed by atoms with Crippen LogP contribution in [0.3, 0.4) is 0 Å². The van der Waals surface area contributed by atoms with Crippen molar-refractivity contribution >= 4 is 11.0 Å². The van der Waals surface area contributed by atoms with E-state index in [1.165, 1.54) is 0 Å². The van der Waals surface area contributed by atoms with Gasteiger partial charge in [0.25, 0.3) is 0 Å². The Kier molecular flexibility index (Phi) is 1.36. The van der Waals surface area contributed by atoms with Crippen LogP contribution in [0, 0.1) is 0 Å². The molecule has 3 heteroatoms. The third kappa shape index (κ3) is 0.991. The number of rotatable bonds is 1. The van der Waals surface area contributed by atoms with Crippen LogP contribution in [-0.4, -0.2) is 15.1 Å². The third-order valence-corrected chi connectivity index (χ3v) is 1.62. The lowest BCUT2D eigenvalue weighted by Crippen LogP contribution is -1.78. The van der Waals surface area contributed by atoms with Crippen molar-refractivity contribution in [2.24, 2.45) is 0 Å². The van der Waals surface area contributed by atoms with Crippen molar-refractivity contribution in [2.75, 3.05) is 0 Å². The van der Waals surface area contributed by atoms with Crippen molar-refractivity contribution in [1.29, 1.82) is 0 Å². The third-order valence-electron chi connectivity index (χ3n) is 1.62. The van der Waals surface area contributed by atoms with Gasteiger partial charge in [0.1, 0.15) is 0 Å². The van der Waals surface area contributed by atoms with Crippen LogP contribution >= 0.6 is 0 Å². The smallest absolute Gasteiger partial charge is 0.0882 e. The van der Waals surface area contributed by atoms with E-state index in [0.717, 1.165) is 16.7 Å².